The van der Waals surface area contributed by atoms with E-state index in [1.54, 1.807) is 0 Å². The van der Waals surface area contributed by atoms with Crippen molar-refractivity contribution in [3.8, 4) is 0 Å². The average Bonchev–Trinajstić information content (AvgIpc) is 1.88. The number of nitrogens with zero attached hydrogens (tertiary/aromatic N) is 1. The molecule has 0 aliphatic heterocycles. The molecule has 0 rings (SSSR count). The monoisotopic (exact) mass is 158 g/mol. The molecule has 11 heavy (non-hydrogen) atoms. The Kier molecular flexibility index (Phi) is 4.69. The van der Waals surface area contributed by atoms with Gasteiger partial charge in [-0.25, -0.2) is 0 Å². The van der Waals surface area contributed by atoms with Crippen molar-refractivity contribution in [2.75, 3.05) is 19.8 Å². The normalized spacial score (nSPS) is 12.5. The molecule has 0 saturated carbocycles. The third-order valence-electron chi connectivity index (χ3n) is 1.73. The van der Waals surface area contributed by atoms with Crippen LogP contribution in [-0.4, -0.2) is 30.2 Å². The summed E-state index contributed by atoms with van der Waals surface area (Å²) < 4.78 is 0. The minimum atomic E-state index is 0.239. The van der Waals surface area contributed by atoms with Gasteiger partial charge in [-0.1, -0.05) is 13.8 Å². The van der Waals surface area contributed by atoms with Crippen LogP contribution >= 0.6 is 0 Å². The molecule has 0 aliphatic carbocycles. The summed E-state index contributed by atoms with van der Waals surface area (Å²) >= 11 is 0. The van der Waals surface area contributed by atoms with Gasteiger partial charge >= 0.3 is 0 Å². The van der Waals surface area contributed by atoms with E-state index >= 15 is 0 Å². The van der Waals surface area contributed by atoms with Gasteiger partial charge < -0.3 is 0 Å². The SMILES string of the molecule is CCN(CC)CNC(C)(C)C. The maximum absolute atomic E-state index is 3.45. The summed E-state index contributed by atoms with van der Waals surface area (Å²) in [7, 11) is 0. The molecule has 0 atom stereocenters. The summed E-state index contributed by atoms with van der Waals surface area (Å²) in [5.41, 5.74) is 0.239. The fourth-order valence-electron chi connectivity index (χ4n) is 0.796. The van der Waals surface area contributed by atoms with E-state index in [4.69, 9.17) is 0 Å². The van der Waals surface area contributed by atoms with E-state index in [-0.39, 0.29) is 5.54 Å². The first kappa shape index (κ1) is 10.9. The highest BCUT2D eigenvalue weighted by molar-refractivity contribution is 4.69. The molecule has 0 aromatic rings. The van der Waals surface area contributed by atoms with Gasteiger partial charge in [0.1, 0.15) is 0 Å². The molecule has 0 fully saturated rings. The molecular weight excluding hydrogens is 136 g/mol. The van der Waals surface area contributed by atoms with Crippen molar-refractivity contribution in [2.45, 2.75) is 40.2 Å². The van der Waals surface area contributed by atoms with Gasteiger partial charge in [-0.05, 0) is 33.9 Å². The Morgan fingerprint density at radius 2 is 1.55 bits per heavy atom. The molecule has 1 N–H and O–H groups in total. The Bertz CT molecular complexity index is 90.2. The molecule has 0 amide bonds. The van der Waals surface area contributed by atoms with E-state index in [0.717, 1.165) is 19.8 Å². The van der Waals surface area contributed by atoms with Gasteiger partial charge in [0.05, 0.1) is 0 Å². The first-order chi connectivity index (χ1) is 4.99. The average molecular weight is 158 g/mol. The Morgan fingerprint density at radius 3 is 1.82 bits per heavy atom. The van der Waals surface area contributed by atoms with Gasteiger partial charge in [0.15, 0.2) is 0 Å². The lowest BCUT2D eigenvalue weighted by Gasteiger charge is -2.26. The molecule has 68 valence electrons. The Hall–Kier alpha value is -0.0800. The maximum Gasteiger partial charge on any atom is 0.0484 e. The lowest BCUT2D eigenvalue weighted by Crippen LogP contribution is -2.43. The van der Waals surface area contributed by atoms with Crippen LogP contribution in [-0.2, 0) is 0 Å². The summed E-state index contributed by atoms with van der Waals surface area (Å²) in [6, 6.07) is 0. The molecule has 0 bridgehead atoms. The standard InChI is InChI=1S/C9H22N2/c1-6-11(7-2)8-10-9(3,4)5/h10H,6-8H2,1-5H3. The summed E-state index contributed by atoms with van der Waals surface area (Å²) in [5.74, 6) is 0. The second kappa shape index (κ2) is 4.73. The molecule has 0 aromatic heterocycles. The van der Waals surface area contributed by atoms with Gasteiger partial charge in [0.25, 0.3) is 0 Å². The molecular formula is C9H22N2. The van der Waals surface area contributed by atoms with Gasteiger partial charge in [0.2, 0.25) is 0 Å². The van der Waals surface area contributed by atoms with Crippen molar-refractivity contribution >= 4 is 0 Å². The quantitative estimate of drug-likeness (QED) is 0.626. The molecule has 0 spiro atoms. The van der Waals surface area contributed by atoms with Crippen LogP contribution < -0.4 is 5.32 Å². The molecule has 0 unspecified atom stereocenters. The predicted molar refractivity (Wildman–Crippen MR) is 50.7 cm³/mol. The minimum Gasteiger partial charge on any atom is -0.300 e. The predicted octanol–water partition coefficient (Wildman–Crippen LogP) is 1.67. The van der Waals surface area contributed by atoms with Crippen LogP contribution in [0, 0.1) is 0 Å². The van der Waals surface area contributed by atoms with E-state index in [2.05, 4.69) is 44.8 Å². The summed E-state index contributed by atoms with van der Waals surface area (Å²) in [6.07, 6.45) is 0. The smallest absolute Gasteiger partial charge is 0.0484 e. The lowest BCUT2D eigenvalue weighted by atomic mass is 10.1. The summed E-state index contributed by atoms with van der Waals surface area (Å²) in [5, 5.41) is 3.45. The van der Waals surface area contributed by atoms with Crippen LogP contribution in [0.1, 0.15) is 34.6 Å². The van der Waals surface area contributed by atoms with Gasteiger partial charge in [-0.3, -0.25) is 10.2 Å². The molecule has 0 aromatic carbocycles. The molecule has 2 nitrogen and oxygen atoms in total. The third kappa shape index (κ3) is 6.32. The van der Waals surface area contributed by atoms with E-state index < -0.39 is 0 Å². The third-order valence-corrected chi connectivity index (χ3v) is 1.73. The second-order valence-electron chi connectivity index (χ2n) is 3.89. The number of nitrogens with one attached hydrogen (secondary N) is 1. The van der Waals surface area contributed by atoms with Gasteiger partial charge in [-0.2, -0.15) is 0 Å². The van der Waals surface area contributed by atoms with E-state index in [1.165, 1.54) is 0 Å². The van der Waals surface area contributed by atoms with Crippen LogP contribution in [0.2, 0.25) is 0 Å². The Balaban J connectivity index is 3.51. The van der Waals surface area contributed by atoms with Crippen LogP contribution in [0.15, 0.2) is 0 Å². The topological polar surface area (TPSA) is 15.3 Å². The zero-order valence-corrected chi connectivity index (χ0v) is 8.57. The lowest BCUT2D eigenvalue weighted by molar-refractivity contribution is 0.242. The van der Waals surface area contributed by atoms with Crippen LogP contribution in [0.5, 0.6) is 0 Å². The van der Waals surface area contributed by atoms with Gasteiger partial charge in [-0.15, -0.1) is 0 Å². The number of hydrogen-bond acceptors (Lipinski definition) is 2. The van der Waals surface area contributed by atoms with Crippen molar-refractivity contribution in [2.24, 2.45) is 0 Å². The first-order valence-corrected chi connectivity index (χ1v) is 4.47. The van der Waals surface area contributed by atoms with Crippen molar-refractivity contribution in [3.63, 3.8) is 0 Å². The van der Waals surface area contributed by atoms with Crippen molar-refractivity contribution in [1.82, 2.24) is 10.2 Å². The zero-order chi connectivity index (χ0) is 8.91. The van der Waals surface area contributed by atoms with E-state index in [1.807, 2.05) is 0 Å². The van der Waals surface area contributed by atoms with Crippen LogP contribution in [0.3, 0.4) is 0 Å². The van der Waals surface area contributed by atoms with Crippen molar-refractivity contribution < 1.29 is 0 Å². The fourth-order valence-corrected chi connectivity index (χ4v) is 0.796. The summed E-state index contributed by atoms with van der Waals surface area (Å²) in [4.78, 5) is 2.37. The largest absolute Gasteiger partial charge is 0.300 e. The second-order valence-corrected chi connectivity index (χ2v) is 3.89. The van der Waals surface area contributed by atoms with E-state index in [0.29, 0.717) is 0 Å². The number of rotatable bonds is 4. The molecule has 0 aliphatic rings. The molecule has 2 heteroatoms. The highest BCUT2D eigenvalue weighted by atomic mass is 15.2. The fraction of sp³-hybridized carbons (Fsp3) is 1.00. The molecule has 0 saturated heterocycles. The highest BCUT2D eigenvalue weighted by Crippen LogP contribution is 1.98. The molecule has 0 heterocycles. The zero-order valence-electron chi connectivity index (χ0n) is 8.57. The van der Waals surface area contributed by atoms with Gasteiger partial charge in [0, 0.05) is 12.2 Å². The molecule has 0 radical (unpaired) electrons. The summed E-state index contributed by atoms with van der Waals surface area (Å²) in [6.45, 7) is 14.2. The van der Waals surface area contributed by atoms with Crippen molar-refractivity contribution in [1.29, 1.82) is 0 Å². The highest BCUT2D eigenvalue weighted by Gasteiger charge is 2.09. The van der Waals surface area contributed by atoms with Crippen LogP contribution in [0.25, 0.3) is 0 Å². The maximum atomic E-state index is 3.45. The number of hydrogen-bond donors (Lipinski definition) is 1. The Morgan fingerprint density at radius 1 is 1.09 bits per heavy atom. The van der Waals surface area contributed by atoms with Crippen molar-refractivity contribution in [3.05, 3.63) is 0 Å². The minimum absolute atomic E-state index is 0.239. The Labute approximate surface area is 71.0 Å². The van der Waals surface area contributed by atoms with E-state index in [9.17, 15) is 0 Å². The first-order valence-electron chi connectivity index (χ1n) is 4.47. The van der Waals surface area contributed by atoms with Crippen LogP contribution in [0.4, 0.5) is 0 Å².